The van der Waals surface area contributed by atoms with Gasteiger partial charge in [0.1, 0.15) is 17.0 Å². The fourth-order valence-corrected chi connectivity index (χ4v) is 1.99. The van der Waals surface area contributed by atoms with E-state index in [-0.39, 0.29) is 16.9 Å². The van der Waals surface area contributed by atoms with E-state index in [4.69, 9.17) is 9.84 Å². The van der Waals surface area contributed by atoms with Crippen LogP contribution in [0, 0.1) is 17.0 Å². The lowest BCUT2D eigenvalue weighted by Gasteiger charge is -2.03. The fourth-order valence-electron chi connectivity index (χ4n) is 1.99. The number of nitro benzene ring substituents is 1. The smallest absolute Gasteiger partial charge is 0.352 e. The molecule has 0 atom stereocenters. The quantitative estimate of drug-likeness (QED) is 0.651. The number of aromatic amines is 1. The minimum Gasteiger partial charge on any atom is -0.494 e. The number of nitrogens with one attached hydrogen (secondary N) is 1. The number of carboxylic acids is 1. The van der Waals surface area contributed by atoms with Crippen molar-refractivity contribution < 1.29 is 19.6 Å². The number of aryl methyl sites for hydroxylation is 1. The van der Waals surface area contributed by atoms with E-state index in [0.29, 0.717) is 23.3 Å². The second-order valence-electron chi connectivity index (χ2n) is 3.99. The maximum Gasteiger partial charge on any atom is 0.352 e. The Morgan fingerprint density at radius 3 is 2.74 bits per heavy atom. The number of carbonyl (C=O) groups is 1. The number of nitrogens with zero attached hydrogens (tertiary/aromatic N) is 1. The fraction of sp³-hybridized carbons (Fsp3) is 0.250. The Labute approximate surface area is 108 Å². The zero-order valence-corrected chi connectivity index (χ0v) is 10.4. The summed E-state index contributed by atoms with van der Waals surface area (Å²) < 4.78 is 5.26. The van der Waals surface area contributed by atoms with Crippen LogP contribution >= 0.6 is 0 Å². The third-order valence-electron chi connectivity index (χ3n) is 2.84. The summed E-state index contributed by atoms with van der Waals surface area (Å²) in [5, 5.41) is 20.6. The van der Waals surface area contributed by atoms with E-state index < -0.39 is 10.9 Å². The van der Waals surface area contributed by atoms with Crippen LogP contribution in [0.4, 0.5) is 5.69 Å². The van der Waals surface area contributed by atoms with Crippen LogP contribution in [0.2, 0.25) is 0 Å². The molecule has 7 nitrogen and oxygen atoms in total. The van der Waals surface area contributed by atoms with Crippen LogP contribution in [-0.2, 0) is 0 Å². The second kappa shape index (κ2) is 4.60. The molecular formula is C12H12N2O5. The average molecular weight is 264 g/mol. The average Bonchev–Trinajstić information content (AvgIpc) is 2.67. The van der Waals surface area contributed by atoms with Gasteiger partial charge in [-0.3, -0.25) is 10.1 Å². The minimum absolute atomic E-state index is 0.0493. The van der Waals surface area contributed by atoms with Crippen molar-refractivity contribution in [3.63, 3.8) is 0 Å². The molecule has 0 aliphatic heterocycles. The van der Waals surface area contributed by atoms with Crippen molar-refractivity contribution in [2.24, 2.45) is 0 Å². The molecule has 1 aromatic heterocycles. The number of ether oxygens (including phenoxy) is 1. The molecule has 0 saturated heterocycles. The zero-order valence-electron chi connectivity index (χ0n) is 10.4. The number of rotatable bonds is 4. The Kier molecular flexibility index (Phi) is 3.12. The highest BCUT2D eigenvalue weighted by Gasteiger charge is 2.22. The standard InChI is InChI=1S/C12H12N2O5/c1-3-19-7-4-8-6(2)10(12(15)16)13-11(8)9(5-7)14(17)18/h4-5,13H,3H2,1-2H3,(H,15,16). The first-order chi connectivity index (χ1) is 8.95. The molecule has 100 valence electrons. The number of aromatic nitrogens is 1. The third-order valence-corrected chi connectivity index (χ3v) is 2.84. The van der Waals surface area contributed by atoms with Crippen molar-refractivity contribution >= 4 is 22.6 Å². The van der Waals surface area contributed by atoms with E-state index in [9.17, 15) is 14.9 Å². The second-order valence-corrected chi connectivity index (χ2v) is 3.99. The molecule has 1 heterocycles. The summed E-state index contributed by atoms with van der Waals surface area (Å²) in [6.07, 6.45) is 0. The van der Waals surface area contributed by atoms with Crippen molar-refractivity contribution in [2.45, 2.75) is 13.8 Å². The molecule has 0 bridgehead atoms. The molecule has 0 spiro atoms. The number of carboxylic acid groups (broad SMARTS) is 1. The van der Waals surface area contributed by atoms with E-state index in [1.807, 2.05) is 0 Å². The molecule has 2 N–H and O–H groups in total. The van der Waals surface area contributed by atoms with Crippen LogP contribution in [-0.4, -0.2) is 27.6 Å². The van der Waals surface area contributed by atoms with Gasteiger partial charge in [-0.25, -0.2) is 4.79 Å². The Bertz CT molecular complexity index is 674. The van der Waals surface area contributed by atoms with E-state index >= 15 is 0 Å². The zero-order chi connectivity index (χ0) is 14.2. The summed E-state index contributed by atoms with van der Waals surface area (Å²) in [5.41, 5.74) is 0.402. The number of nitro groups is 1. The highest BCUT2D eigenvalue weighted by atomic mass is 16.6. The highest BCUT2D eigenvalue weighted by molar-refractivity contribution is 6.00. The lowest BCUT2D eigenvalue weighted by atomic mass is 10.1. The van der Waals surface area contributed by atoms with Crippen LogP contribution < -0.4 is 4.74 Å². The first kappa shape index (κ1) is 12.9. The van der Waals surface area contributed by atoms with Gasteiger partial charge in [-0.05, 0) is 25.5 Å². The van der Waals surface area contributed by atoms with Crippen LogP contribution in [0.25, 0.3) is 10.9 Å². The third kappa shape index (κ3) is 2.10. The van der Waals surface area contributed by atoms with E-state index in [1.165, 1.54) is 6.07 Å². The summed E-state index contributed by atoms with van der Waals surface area (Å²) in [6.45, 7) is 3.74. The Morgan fingerprint density at radius 2 is 2.21 bits per heavy atom. The molecule has 19 heavy (non-hydrogen) atoms. The first-order valence-electron chi connectivity index (χ1n) is 5.62. The van der Waals surface area contributed by atoms with Gasteiger partial charge in [-0.1, -0.05) is 0 Å². The van der Waals surface area contributed by atoms with Crippen LogP contribution in [0.3, 0.4) is 0 Å². The molecule has 0 unspecified atom stereocenters. The van der Waals surface area contributed by atoms with Crippen molar-refractivity contribution in [3.8, 4) is 5.75 Å². The molecule has 0 saturated carbocycles. The Hall–Kier alpha value is -2.57. The molecule has 0 fully saturated rings. The molecule has 0 aliphatic rings. The van der Waals surface area contributed by atoms with Gasteiger partial charge in [-0.15, -0.1) is 0 Å². The molecule has 0 aliphatic carbocycles. The Morgan fingerprint density at radius 1 is 1.53 bits per heavy atom. The van der Waals surface area contributed by atoms with Gasteiger partial charge in [0.2, 0.25) is 0 Å². The van der Waals surface area contributed by atoms with Crippen LogP contribution in [0.15, 0.2) is 12.1 Å². The van der Waals surface area contributed by atoms with Gasteiger partial charge in [0, 0.05) is 5.39 Å². The number of hydrogen-bond acceptors (Lipinski definition) is 4. The van der Waals surface area contributed by atoms with E-state index in [1.54, 1.807) is 19.9 Å². The topological polar surface area (TPSA) is 105 Å². The SMILES string of the molecule is CCOc1cc([N+](=O)[O-])c2[nH]c(C(=O)O)c(C)c2c1. The van der Waals surface area contributed by atoms with Gasteiger partial charge in [0.25, 0.3) is 5.69 Å². The molecule has 1 aromatic carbocycles. The predicted molar refractivity (Wildman–Crippen MR) is 67.8 cm³/mol. The molecular weight excluding hydrogens is 252 g/mol. The summed E-state index contributed by atoms with van der Waals surface area (Å²) in [5.74, 6) is -0.804. The van der Waals surface area contributed by atoms with E-state index in [2.05, 4.69) is 4.98 Å². The van der Waals surface area contributed by atoms with Gasteiger partial charge in [0.05, 0.1) is 17.6 Å². The monoisotopic (exact) mass is 264 g/mol. The number of non-ortho nitro benzene ring substituents is 1. The van der Waals surface area contributed by atoms with Gasteiger partial charge < -0.3 is 14.8 Å². The van der Waals surface area contributed by atoms with Gasteiger partial charge >= 0.3 is 5.97 Å². The number of benzene rings is 1. The van der Waals surface area contributed by atoms with Gasteiger partial charge in [0.15, 0.2) is 0 Å². The highest BCUT2D eigenvalue weighted by Crippen LogP contribution is 2.33. The maximum atomic E-state index is 11.1. The maximum absolute atomic E-state index is 11.1. The molecule has 0 radical (unpaired) electrons. The first-order valence-corrected chi connectivity index (χ1v) is 5.62. The largest absolute Gasteiger partial charge is 0.494 e. The molecule has 2 aromatic rings. The molecule has 2 rings (SSSR count). The summed E-state index contributed by atoms with van der Waals surface area (Å²) in [6, 6.07) is 2.89. The van der Waals surface area contributed by atoms with Crippen molar-refractivity contribution in [3.05, 3.63) is 33.5 Å². The summed E-state index contributed by atoms with van der Waals surface area (Å²) in [4.78, 5) is 24.1. The Balaban J connectivity index is 2.79. The lowest BCUT2D eigenvalue weighted by Crippen LogP contribution is -1.98. The number of H-pyrrole nitrogens is 1. The number of fused-ring (bicyclic) bond motifs is 1. The summed E-state index contributed by atoms with van der Waals surface area (Å²) >= 11 is 0. The van der Waals surface area contributed by atoms with Crippen molar-refractivity contribution in [1.82, 2.24) is 4.98 Å². The summed E-state index contributed by atoms with van der Waals surface area (Å²) in [7, 11) is 0. The van der Waals surface area contributed by atoms with Crippen molar-refractivity contribution in [1.29, 1.82) is 0 Å². The molecule has 0 amide bonds. The lowest BCUT2D eigenvalue weighted by molar-refractivity contribution is -0.383. The molecule has 7 heteroatoms. The number of hydrogen-bond donors (Lipinski definition) is 2. The predicted octanol–water partition coefficient (Wildman–Crippen LogP) is 2.48. The van der Waals surface area contributed by atoms with E-state index in [0.717, 1.165) is 0 Å². The minimum atomic E-state index is -1.15. The van der Waals surface area contributed by atoms with Crippen LogP contribution in [0.1, 0.15) is 23.0 Å². The normalized spacial score (nSPS) is 10.6. The number of aromatic carboxylic acids is 1. The van der Waals surface area contributed by atoms with Gasteiger partial charge in [-0.2, -0.15) is 0 Å². The van der Waals surface area contributed by atoms with Crippen LogP contribution in [0.5, 0.6) is 5.75 Å². The van der Waals surface area contributed by atoms with Crippen molar-refractivity contribution in [2.75, 3.05) is 6.61 Å².